The van der Waals surface area contributed by atoms with Gasteiger partial charge in [0.05, 0.1) is 6.33 Å². The van der Waals surface area contributed by atoms with Gasteiger partial charge in [0, 0.05) is 32.2 Å². The van der Waals surface area contributed by atoms with Crippen LogP contribution in [0.1, 0.15) is 32.1 Å². The lowest BCUT2D eigenvalue weighted by molar-refractivity contribution is 0.0917. The quantitative estimate of drug-likeness (QED) is 0.940. The molecule has 4 fully saturated rings. The number of nitrogens with zero attached hydrogens (tertiary/aromatic N) is 5. The van der Waals surface area contributed by atoms with E-state index in [0.29, 0.717) is 6.04 Å². The zero-order valence-corrected chi connectivity index (χ0v) is 13.5. The number of rotatable bonds is 3. The number of hydrogen-bond acceptors (Lipinski definition) is 5. The highest BCUT2D eigenvalue weighted by molar-refractivity contribution is 5.82. The molecule has 5 heterocycles. The first kappa shape index (κ1) is 13.7. The third-order valence-corrected chi connectivity index (χ3v) is 6.05. The molecule has 2 bridgehead atoms. The first-order valence-electron chi connectivity index (χ1n) is 9.00. The van der Waals surface area contributed by atoms with E-state index in [-0.39, 0.29) is 0 Å². The summed E-state index contributed by atoms with van der Waals surface area (Å²) in [6.07, 6.45) is 10.4. The van der Waals surface area contributed by atoms with Crippen LogP contribution in [-0.4, -0.2) is 57.1 Å². The smallest absolute Gasteiger partial charge is 0.182 e. The van der Waals surface area contributed by atoms with Crippen LogP contribution in [0.2, 0.25) is 0 Å². The van der Waals surface area contributed by atoms with E-state index < -0.39 is 0 Å². The number of aromatic amines is 1. The maximum Gasteiger partial charge on any atom is 0.182 e. The van der Waals surface area contributed by atoms with Gasteiger partial charge in [-0.3, -0.25) is 4.90 Å². The van der Waals surface area contributed by atoms with Crippen LogP contribution in [0.15, 0.2) is 12.7 Å². The van der Waals surface area contributed by atoms with Crippen LogP contribution in [0, 0.1) is 11.8 Å². The zero-order valence-electron chi connectivity index (χ0n) is 13.5. The van der Waals surface area contributed by atoms with E-state index in [1.54, 1.807) is 12.7 Å². The van der Waals surface area contributed by atoms with E-state index in [4.69, 9.17) is 0 Å². The van der Waals surface area contributed by atoms with E-state index in [1.807, 2.05) is 0 Å². The van der Waals surface area contributed by atoms with Crippen LogP contribution in [0.25, 0.3) is 11.2 Å². The van der Waals surface area contributed by atoms with Crippen molar-refractivity contribution in [3.8, 4) is 0 Å². The van der Waals surface area contributed by atoms with Crippen LogP contribution >= 0.6 is 0 Å². The van der Waals surface area contributed by atoms with Gasteiger partial charge in [0.15, 0.2) is 11.5 Å². The fourth-order valence-electron chi connectivity index (χ4n) is 4.57. The summed E-state index contributed by atoms with van der Waals surface area (Å²) < 4.78 is 0. The lowest BCUT2D eigenvalue weighted by Gasteiger charge is -2.40. The minimum Gasteiger partial charge on any atom is -0.353 e. The summed E-state index contributed by atoms with van der Waals surface area (Å²) in [6.45, 7) is 4.80. The van der Waals surface area contributed by atoms with Crippen LogP contribution in [0.3, 0.4) is 0 Å². The molecule has 1 saturated carbocycles. The molecule has 3 aliphatic heterocycles. The average Bonchev–Trinajstić information content (AvgIpc) is 2.83. The molecule has 4 aliphatic rings. The molecule has 6 nitrogen and oxygen atoms in total. The van der Waals surface area contributed by atoms with Crippen molar-refractivity contribution in [1.82, 2.24) is 24.8 Å². The Morgan fingerprint density at radius 3 is 2.87 bits per heavy atom. The number of fused-ring (bicyclic) bond motifs is 5. The van der Waals surface area contributed by atoms with Crippen LogP contribution < -0.4 is 4.90 Å². The molecule has 2 atom stereocenters. The lowest BCUT2D eigenvalue weighted by Crippen LogP contribution is -2.47. The molecule has 23 heavy (non-hydrogen) atoms. The summed E-state index contributed by atoms with van der Waals surface area (Å²) in [6, 6.07) is 0.683. The second-order valence-corrected chi connectivity index (χ2v) is 7.55. The van der Waals surface area contributed by atoms with Crippen LogP contribution in [0.4, 0.5) is 5.82 Å². The van der Waals surface area contributed by atoms with E-state index in [0.717, 1.165) is 41.9 Å². The largest absolute Gasteiger partial charge is 0.353 e. The minimum absolute atomic E-state index is 0.683. The van der Waals surface area contributed by atoms with Crippen molar-refractivity contribution in [2.45, 2.75) is 38.1 Å². The van der Waals surface area contributed by atoms with Gasteiger partial charge >= 0.3 is 0 Å². The summed E-state index contributed by atoms with van der Waals surface area (Å²) in [5, 5.41) is 0. The minimum atomic E-state index is 0.683. The van der Waals surface area contributed by atoms with Gasteiger partial charge in [0.25, 0.3) is 0 Å². The van der Waals surface area contributed by atoms with Gasteiger partial charge in [-0.2, -0.15) is 0 Å². The van der Waals surface area contributed by atoms with E-state index >= 15 is 0 Å². The maximum absolute atomic E-state index is 4.58. The third-order valence-electron chi connectivity index (χ3n) is 6.05. The van der Waals surface area contributed by atoms with Crippen molar-refractivity contribution in [2.75, 3.05) is 31.1 Å². The van der Waals surface area contributed by atoms with Gasteiger partial charge < -0.3 is 9.88 Å². The SMILES string of the molecule is c1nc(N2C[C@@H]3CC[C@H](C2)N(CC2CCC2)C3)c2[nH]cnc2n1. The van der Waals surface area contributed by atoms with Crippen molar-refractivity contribution < 1.29 is 0 Å². The predicted octanol–water partition coefficient (Wildman–Crippen LogP) is 2.05. The summed E-state index contributed by atoms with van der Waals surface area (Å²) in [5.74, 6) is 2.76. The highest BCUT2D eigenvalue weighted by Crippen LogP contribution is 2.34. The van der Waals surface area contributed by atoms with Crippen LogP contribution in [0.5, 0.6) is 0 Å². The normalized spacial score (nSPS) is 29.0. The molecule has 0 amide bonds. The van der Waals surface area contributed by atoms with Crippen molar-refractivity contribution in [2.24, 2.45) is 11.8 Å². The van der Waals surface area contributed by atoms with Gasteiger partial charge in [-0.25, -0.2) is 15.0 Å². The van der Waals surface area contributed by atoms with Crippen molar-refractivity contribution in [3.05, 3.63) is 12.7 Å². The molecule has 3 saturated heterocycles. The molecule has 0 aromatic carbocycles. The molecule has 1 N–H and O–H groups in total. The lowest BCUT2D eigenvalue weighted by atomic mass is 9.83. The van der Waals surface area contributed by atoms with E-state index in [9.17, 15) is 0 Å². The summed E-state index contributed by atoms with van der Waals surface area (Å²) >= 11 is 0. The predicted molar refractivity (Wildman–Crippen MR) is 89.3 cm³/mol. The summed E-state index contributed by atoms with van der Waals surface area (Å²) in [7, 11) is 0. The Kier molecular flexibility index (Phi) is 3.25. The van der Waals surface area contributed by atoms with Gasteiger partial charge in [-0.05, 0) is 37.5 Å². The molecule has 122 valence electrons. The number of nitrogens with one attached hydrogen (secondary N) is 1. The van der Waals surface area contributed by atoms with Crippen molar-refractivity contribution in [3.63, 3.8) is 0 Å². The molecule has 0 radical (unpaired) electrons. The van der Waals surface area contributed by atoms with Gasteiger partial charge in [-0.1, -0.05) is 6.42 Å². The summed E-state index contributed by atoms with van der Waals surface area (Å²) in [5.41, 5.74) is 1.76. The zero-order chi connectivity index (χ0) is 15.2. The van der Waals surface area contributed by atoms with Gasteiger partial charge in [0.2, 0.25) is 0 Å². The Balaban J connectivity index is 1.41. The monoisotopic (exact) mass is 312 g/mol. The van der Waals surface area contributed by atoms with E-state index in [1.165, 1.54) is 45.2 Å². The van der Waals surface area contributed by atoms with Crippen LogP contribution in [-0.2, 0) is 0 Å². The van der Waals surface area contributed by atoms with E-state index in [2.05, 4.69) is 29.7 Å². The molecule has 6 heteroatoms. The number of imidazole rings is 1. The van der Waals surface area contributed by atoms with Gasteiger partial charge in [-0.15, -0.1) is 0 Å². The number of anilines is 1. The number of H-pyrrole nitrogens is 1. The molecule has 0 spiro atoms. The average molecular weight is 312 g/mol. The molecule has 6 rings (SSSR count). The molecule has 2 aromatic rings. The number of aromatic nitrogens is 4. The molecule has 1 aliphatic carbocycles. The van der Waals surface area contributed by atoms with Crippen molar-refractivity contribution in [1.29, 1.82) is 0 Å². The Morgan fingerprint density at radius 2 is 2.00 bits per heavy atom. The Hall–Kier alpha value is -1.69. The topological polar surface area (TPSA) is 60.9 Å². The number of hydrogen-bond donors (Lipinski definition) is 1. The summed E-state index contributed by atoms with van der Waals surface area (Å²) in [4.78, 5) is 21.6. The first-order valence-corrected chi connectivity index (χ1v) is 9.00. The highest BCUT2D eigenvalue weighted by Gasteiger charge is 2.37. The van der Waals surface area contributed by atoms with Gasteiger partial charge in [0.1, 0.15) is 11.8 Å². The fraction of sp³-hybridized carbons (Fsp3) is 0.706. The highest BCUT2D eigenvalue weighted by atomic mass is 15.3. The maximum atomic E-state index is 4.58. The number of piperidine rings is 1. The molecule has 2 aromatic heterocycles. The first-order chi connectivity index (χ1) is 11.4. The second-order valence-electron chi connectivity index (χ2n) is 7.55. The second kappa shape index (κ2) is 5.44. The fourth-order valence-corrected chi connectivity index (χ4v) is 4.57. The standard InChI is InChI=1S/C17H24N6/c1-2-12(3-1)6-22-7-13-4-5-14(22)9-23(8-13)17-15-16(19-10-18-15)20-11-21-17/h10-14H,1-9H2,(H,18,19,20,21)/t13-,14-/m1/s1. The van der Waals surface area contributed by atoms with Crippen molar-refractivity contribution >= 4 is 17.0 Å². The Morgan fingerprint density at radius 1 is 1.04 bits per heavy atom. The molecule has 0 unspecified atom stereocenters. The molecular weight excluding hydrogens is 288 g/mol. The molecular formula is C17H24N6. The Bertz CT molecular complexity index is 693. The Labute approximate surface area is 136 Å². The third kappa shape index (κ3) is 2.40.